The molecule has 0 bridgehead atoms. The number of nitro groups is 1. The van der Waals surface area contributed by atoms with Crippen LogP contribution in [0.2, 0.25) is 10.0 Å². The molecule has 6 nitrogen and oxygen atoms in total. The average Bonchev–Trinajstić information content (AvgIpc) is 2.40. The number of esters is 1. The third-order valence-electron chi connectivity index (χ3n) is 2.32. The number of hydrogen-bond donors (Lipinski definition) is 0. The van der Waals surface area contributed by atoms with Crippen LogP contribution in [0.3, 0.4) is 0 Å². The molecule has 0 amide bonds. The van der Waals surface area contributed by atoms with Crippen LogP contribution in [0.5, 0.6) is 5.75 Å². The number of methoxy groups -OCH3 is 1. The minimum Gasteiger partial charge on any atom is -0.486 e. The lowest BCUT2D eigenvalue weighted by Gasteiger charge is -2.08. The number of non-ortho nitro benzene ring substituents is 1. The third-order valence-corrected chi connectivity index (χ3v) is 2.88. The van der Waals surface area contributed by atoms with Gasteiger partial charge in [-0.3, -0.25) is 10.1 Å². The molecule has 8 heteroatoms. The first kappa shape index (κ1) is 16.3. The van der Waals surface area contributed by atoms with E-state index in [0.29, 0.717) is 5.57 Å². The smallest absolute Gasteiger partial charge is 0.333 e. The van der Waals surface area contributed by atoms with Crippen LogP contribution in [0.25, 0.3) is 0 Å². The molecule has 0 radical (unpaired) electrons. The summed E-state index contributed by atoms with van der Waals surface area (Å²) in [4.78, 5) is 21.1. The fourth-order valence-electron chi connectivity index (χ4n) is 1.28. The second kappa shape index (κ2) is 7.12. The van der Waals surface area contributed by atoms with Gasteiger partial charge in [-0.1, -0.05) is 23.2 Å². The average molecular weight is 320 g/mol. The first-order valence-electron chi connectivity index (χ1n) is 5.38. The number of benzene rings is 1. The van der Waals surface area contributed by atoms with Crippen LogP contribution in [0.1, 0.15) is 6.92 Å². The molecule has 0 heterocycles. The summed E-state index contributed by atoms with van der Waals surface area (Å²) in [5.41, 5.74) is 0.135. The summed E-state index contributed by atoms with van der Waals surface area (Å²) in [5.74, 6) is -0.359. The van der Waals surface area contributed by atoms with Crippen molar-refractivity contribution in [2.75, 3.05) is 13.7 Å². The van der Waals surface area contributed by atoms with E-state index in [0.717, 1.165) is 12.1 Å². The molecule has 0 aliphatic carbocycles. The van der Waals surface area contributed by atoms with E-state index < -0.39 is 10.9 Å². The fraction of sp³-hybridized carbons (Fsp3) is 0.250. The second-order valence-corrected chi connectivity index (χ2v) is 4.50. The molecule has 0 unspecified atom stereocenters. The molecule has 1 aromatic rings. The summed E-state index contributed by atoms with van der Waals surface area (Å²) in [5, 5.41) is 10.7. The summed E-state index contributed by atoms with van der Waals surface area (Å²) in [6.45, 7) is 1.59. The van der Waals surface area contributed by atoms with Crippen molar-refractivity contribution >= 4 is 34.9 Å². The zero-order valence-electron chi connectivity index (χ0n) is 10.7. The van der Waals surface area contributed by atoms with Gasteiger partial charge in [-0.25, -0.2) is 4.79 Å². The summed E-state index contributed by atoms with van der Waals surface area (Å²) >= 11 is 11.7. The fourth-order valence-corrected chi connectivity index (χ4v) is 1.87. The van der Waals surface area contributed by atoms with Gasteiger partial charge in [0.2, 0.25) is 0 Å². The van der Waals surface area contributed by atoms with Gasteiger partial charge in [-0.05, 0) is 13.0 Å². The summed E-state index contributed by atoms with van der Waals surface area (Å²) in [7, 11) is 1.27. The quantitative estimate of drug-likeness (QED) is 0.359. The van der Waals surface area contributed by atoms with E-state index in [-0.39, 0.29) is 28.1 Å². The Morgan fingerprint density at radius 2 is 1.95 bits per heavy atom. The molecule has 0 aromatic heterocycles. The molecular weight excluding hydrogens is 309 g/mol. The van der Waals surface area contributed by atoms with Crippen molar-refractivity contribution in [3.8, 4) is 5.75 Å². The highest BCUT2D eigenvalue weighted by atomic mass is 35.5. The Kier molecular flexibility index (Phi) is 5.79. The highest BCUT2D eigenvalue weighted by molar-refractivity contribution is 6.37. The standard InChI is InChI=1S/C12H11Cl2NO5/c1-7(12(16)19-2)3-4-20-11-9(13)5-8(15(17)18)6-10(11)14/h3,5-6H,4H2,1-2H3. The minimum absolute atomic E-state index is 0.0216. The first-order chi connectivity index (χ1) is 9.36. The van der Waals surface area contributed by atoms with Crippen molar-refractivity contribution < 1.29 is 19.2 Å². The number of ether oxygens (including phenoxy) is 2. The maximum absolute atomic E-state index is 11.1. The van der Waals surface area contributed by atoms with E-state index in [2.05, 4.69) is 4.74 Å². The highest BCUT2D eigenvalue weighted by Gasteiger charge is 2.15. The van der Waals surface area contributed by atoms with E-state index in [1.54, 1.807) is 6.92 Å². The zero-order chi connectivity index (χ0) is 15.3. The molecule has 1 aromatic carbocycles. The highest BCUT2D eigenvalue weighted by Crippen LogP contribution is 2.36. The van der Waals surface area contributed by atoms with Crippen LogP contribution >= 0.6 is 23.2 Å². The number of carbonyl (C=O) groups excluding carboxylic acids is 1. The van der Waals surface area contributed by atoms with Crippen LogP contribution in [-0.2, 0) is 9.53 Å². The molecule has 0 atom stereocenters. The van der Waals surface area contributed by atoms with Crippen molar-refractivity contribution in [1.82, 2.24) is 0 Å². The number of halogens is 2. The van der Waals surface area contributed by atoms with Crippen molar-refractivity contribution in [3.63, 3.8) is 0 Å². The second-order valence-electron chi connectivity index (χ2n) is 3.69. The lowest BCUT2D eigenvalue weighted by Crippen LogP contribution is -2.04. The number of rotatable bonds is 5. The van der Waals surface area contributed by atoms with E-state index in [9.17, 15) is 14.9 Å². The molecule has 0 saturated heterocycles. The summed E-state index contributed by atoms with van der Waals surface area (Å²) < 4.78 is 9.81. The van der Waals surface area contributed by atoms with Gasteiger partial charge in [0.05, 0.1) is 22.1 Å². The first-order valence-corrected chi connectivity index (χ1v) is 6.13. The molecule has 0 aliphatic rings. The van der Waals surface area contributed by atoms with Crippen LogP contribution in [0, 0.1) is 10.1 Å². The molecule has 108 valence electrons. The largest absolute Gasteiger partial charge is 0.486 e. The lowest BCUT2D eigenvalue weighted by atomic mass is 10.3. The van der Waals surface area contributed by atoms with Gasteiger partial charge in [0, 0.05) is 17.7 Å². The Hall–Kier alpha value is -1.79. The molecule has 0 N–H and O–H groups in total. The van der Waals surface area contributed by atoms with E-state index in [1.165, 1.54) is 13.2 Å². The third kappa shape index (κ3) is 4.11. The molecule has 0 saturated carbocycles. The van der Waals surface area contributed by atoms with Crippen molar-refractivity contribution in [3.05, 3.63) is 43.9 Å². The van der Waals surface area contributed by atoms with Crippen molar-refractivity contribution in [2.24, 2.45) is 0 Å². The SMILES string of the molecule is COC(=O)C(C)=CCOc1c(Cl)cc([N+](=O)[O-])cc1Cl. The predicted octanol–water partition coefficient (Wildman–Crippen LogP) is 3.40. The monoisotopic (exact) mass is 319 g/mol. The maximum Gasteiger partial charge on any atom is 0.333 e. The van der Waals surface area contributed by atoms with Crippen molar-refractivity contribution in [1.29, 1.82) is 0 Å². The number of nitro benzene ring substituents is 1. The maximum atomic E-state index is 11.1. The van der Waals surface area contributed by atoms with E-state index >= 15 is 0 Å². The van der Waals surface area contributed by atoms with E-state index in [4.69, 9.17) is 27.9 Å². The van der Waals surface area contributed by atoms with Crippen molar-refractivity contribution in [2.45, 2.75) is 6.92 Å². The van der Waals surface area contributed by atoms with Gasteiger partial charge in [0.25, 0.3) is 5.69 Å². The molecular formula is C12H11Cl2NO5. The van der Waals surface area contributed by atoms with Gasteiger partial charge < -0.3 is 9.47 Å². The molecule has 1 rings (SSSR count). The Morgan fingerprint density at radius 3 is 2.40 bits per heavy atom. The molecule has 0 fully saturated rings. The molecule has 0 spiro atoms. The summed E-state index contributed by atoms with van der Waals surface area (Å²) in [6, 6.07) is 2.28. The Bertz CT molecular complexity index is 548. The van der Waals surface area contributed by atoms with E-state index in [1.807, 2.05) is 0 Å². The van der Waals surface area contributed by atoms with Crippen LogP contribution in [-0.4, -0.2) is 24.6 Å². The normalized spacial score (nSPS) is 11.1. The topological polar surface area (TPSA) is 78.7 Å². The van der Waals surface area contributed by atoms with Crippen LogP contribution < -0.4 is 4.74 Å². The van der Waals surface area contributed by atoms with Crippen LogP contribution in [0.4, 0.5) is 5.69 Å². The van der Waals surface area contributed by atoms with Gasteiger partial charge in [0.1, 0.15) is 6.61 Å². The zero-order valence-corrected chi connectivity index (χ0v) is 12.2. The van der Waals surface area contributed by atoms with Gasteiger partial charge in [-0.15, -0.1) is 0 Å². The molecule has 20 heavy (non-hydrogen) atoms. The predicted molar refractivity (Wildman–Crippen MR) is 74.4 cm³/mol. The number of carbonyl (C=O) groups is 1. The lowest BCUT2D eigenvalue weighted by molar-refractivity contribution is -0.384. The Morgan fingerprint density at radius 1 is 1.40 bits per heavy atom. The van der Waals surface area contributed by atoms with Gasteiger partial charge >= 0.3 is 5.97 Å². The molecule has 0 aliphatic heterocycles. The Balaban J connectivity index is 2.84. The van der Waals surface area contributed by atoms with Gasteiger partial charge in [0.15, 0.2) is 5.75 Å². The van der Waals surface area contributed by atoms with Crippen LogP contribution in [0.15, 0.2) is 23.8 Å². The van der Waals surface area contributed by atoms with Gasteiger partial charge in [-0.2, -0.15) is 0 Å². The Labute approximate surface area is 125 Å². The number of nitrogens with zero attached hydrogens (tertiary/aromatic N) is 1. The number of hydrogen-bond acceptors (Lipinski definition) is 5. The summed E-state index contributed by atoms with van der Waals surface area (Å²) in [6.07, 6.45) is 1.49. The minimum atomic E-state index is -0.608.